The van der Waals surface area contributed by atoms with Crippen molar-refractivity contribution in [2.75, 3.05) is 20.2 Å². The standard InChI is InChI=1S/C20H23ClN2O4S/c1-14(22(3)15(2)24)16-4-9-20-17(12-16)13-23(10-11-27-20)28(25,26)19-7-5-18(21)6-8-19/h4-9,12,14H,10-11,13H2,1-3H3/t14-/m0/s1. The quantitative estimate of drug-likeness (QED) is 0.756. The van der Waals surface area contributed by atoms with Crippen LogP contribution in [0.5, 0.6) is 5.75 Å². The lowest BCUT2D eigenvalue weighted by atomic mass is 10.0. The maximum atomic E-state index is 13.1. The van der Waals surface area contributed by atoms with Crippen LogP contribution < -0.4 is 4.74 Å². The molecule has 0 aromatic heterocycles. The van der Waals surface area contributed by atoms with E-state index in [4.69, 9.17) is 16.3 Å². The highest BCUT2D eigenvalue weighted by molar-refractivity contribution is 7.89. The van der Waals surface area contributed by atoms with Gasteiger partial charge in [-0.1, -0.05) is 17.7 Å². The zero-order valence-corrected chi connectivity index (χ0v) is 17.6. The number of fused-ring (bicyclic) bond motifs is 1. The molecule has 3 rings (SSSR count). The minimum absolute atomic E-state index is 0.0364. The van der Waals surface area contributed by atoms with E-state index in [1.807, 2.05) is 25.1 Å². The van der Waals surface area contributed by atoms with Crippen molar-refractivity contribution in [3.63, 3.8) is 0 Å². The average molecular weight is 423 g/mol. The first-order valence-corrected chi connectivity index (χ1v) is 10.8. The number of amides is 1. The van der Waals surface area contributed by atoms with Crippen molar-refractivity contribution in [1.82, 2.24) is 9.21 Å². The van der Waals surface area contributed by atoms with Gasteiger partial charge in [0.05, 0.1) is 10.9 Å². The summed E-state index contributed by atoms with van der Waals surface area (Å²) >= 11 is 5.88. The fourth-order valence-corrected chi connectivity index (χ4v) is 4.64. The van der Waals surface area contributed by atoms with Gasteiger partial charge in [0.15, 0.2) is 0 Å². The summed E-state index contributed by atoms with van der Waals surface area (Å²) in [6, 6.07) is 11.7. The van der Waals surface area contributed by atoms with Gasteiger partial charge in [0.25, 0.3) is 0 Å². The SMILES string of the molecule is CC(=O)N(C)[C@@H](C)c1ccc2c(c1)CN(S(=O)(=O)c1ccc(Cl)cc1)CCO2. The van der Waals surface area contributed by atoms with Gasteiger partial charge >= 0.3 is 0 Å². The van der Waals surface area contributed by atoms with Crippen LogP contribution in [0.25, 0.3) is 0 Å². The molecule has 2 aromatic rings. The van der Waals surface area contributed by atoms with Gasteiger partial charge in [0.2, 0.25) is 15.9 Å². The Hall–Kier alpha value is -2.09. The molecular weight excluding hydrogens is 400 g/mol. The normalized spacial score (nSPS) is 15.9. The number of sulfonamides is 1. The molecule has 0 aliphatic carbocycles. The van der Waals surface area contributed by atoms with E-state index in [9.17, 15) is 13.2 Å². The summed E-state index contributed by atoms with van der Waals surface area (Å²) in [7, 11) is -1.94. The fraction of sp³-hybridized carbons (Fsp3) is 0.350. The van der Waals surface area contributed by atoms with Gasteiger partial charge in [0, 0.05) is 37.6 Å². The zero-order chi connectivity index (χ0) is 20.5. The molecule has 0 fully saturated rings. The second-order valence-electron chi connectivity index (χ2n) is 6.81. The molecule has 0 bridgehead atoms. The Kier molecular flexibility index (Phi) is 5.98. The van der Waals surface area contributed by atoms with Gasteiger partial charge in [-0.2, -0.15) is 4.31 Å². The van der Waals surface area contributed by atoms with Gasteiger partial charge in [0.1, 0.15) is 12.4 Å². The molecule has 1 aliphatic rings. The molecular formula is C20H23ClN2O4S. The van der Waals surface area contributed by atoms with Crippen LogP contribution in [0.15, 0.2) is 47.4 Å². The Bertz CT molecular complexity index is 976. The lowest BCUT2D eigenvalue weighted by Gasteiger charge is -2.25. The molecule has 28 heavy (non-hydrogen) atoms. The predicted octanol–water partition coefficient (Wildman–Crippen LogP) is 3.46. The number of ether oxygens (including phenoxy) is 1. The highest BCUT2D eigenvalue weighted by atomic mass is 35.5. The third kappa shape index (κ3) is 4.16. The highest BCUT2D eigenvalue weighted by Crippen LogP contribution is 2.30. The molecule has 0 radical (unpaired) electrons. The van der Waals surface area contributed by atoms with Crippen LogP contribution in [0, 0.1) is 0 Å². The number of hydrogen-bond acceptors (Lipinski definition) is 4. The van der Waals surface area contributed by atoms with Crippen molar-refractivity contribution >= 4 is 27.5 Å². The van der Waals surface area contributed by atoms with E-state index in [0.717, 1.165) is 11.1 Å². The number of nitrogens with zero attached hydrogens (tertiary/aromatic N) is 2. The van der Waals surface area contributed by atoms with Gasteiger partial charge in [-0.05, 0) is 48.9 Å². The lowest BCUT2D eigenvalue weighted by Crippen LogP contribution is -2.32. The molecule has 1 amide bonds. The van der Waals surface area contributed by atoms with E-state index < -0.39 is 10.0 Å². The molecule has 6 nitrogen and oxygen atoms in total. The monoisotopic (exact) mass is 422 g/mol. The van der Waals surface area contributed by atoms with E-state index >= 15 is 0 Å². The van der Waals surface area contributed by atoms with E-state index in [1.54, 1.807) is 24.1 Å². The molecule has 8 heteroatoms. The van der Waals surface area contributed by atoms with Crippen LogP contribution in [0.4, 0.5) is 0 Å². The molecule has 2 aromatic carbocycles. The third-order valence-corrected chi connectivity index (χ3v) is 7.15. The lowest BCUT2D eigenvalue weighted by molar-refractivity contribution is -0.129. The van der Waals surface area contributed by atoms with Gasteiger partial charge in [-0.3, -0.25) is 4.79 Å². The van der Waals surface area contributed by atoms with Crippen LogP contribution in [0.1, 0.15) is 31.0 Å². The number of hydrogen-bond donors (Lipinski definition) is 0. The van der Waals surface area contributed by atoms with E-state index in [-0.39, 0.29) is 36.5 Å². The summed E-state index contributed by atoms with van der Waals surface area (Å²) in [5.74, 6) is 0.626. The van der Waals surface area contributed by atoms with Crippen molar-refractivity contribution in [2.24, 2.45) is 0 Å². The predicted molar refractivity (Wildman–Crippen MR) is 108 cm³/mol. The van der Waals surface area contributed by atoms with Crippen molar-refractivity contribution in [3.05, 3.63) is 58.6 Å². The Morgan fingerprint density at radius 3 is 2.54 bits per heavy atom. The van der Waals surface area contributed by atoms with Crippen LogP contribution in [0.2, 0.25) is 5.02 Å². The first-order valence-electron chi connectivity index (χ1n) is 8.95. The van der Waals surface area contributed by atoms with Crippen molar-refractivity contribution in [2.45, 2.75) is 31.3 Å². The zero-order valence-electron chi connectivity index (χ0n) is 16.1. The molecule has 0 N–H and O–H groups in total. The van der Waals surface area contributed by atoms with Crippen LogP contribution in [-0.2, 0) is 21.4 Å². The summed E-state index contributed by atoms with van der Waals surface area (Å²) in [5.41, 5.74) is 1.70. The molecule has 0 saturated carbocycles. The Morgan fingerprint density at radius 2 is 1.89 bits per heavy atom. The summed E-state index contributed by atoms with van der Waals surface area (Å²) in [4.78, 5) is 13.5. The number of halogens is 1. The van der Waals surface area contributed by atoms with Gasteiger partial charge in [-0.15, -0.1) is 0 Å². The molecule has 0 saturated heterocycles. The van der Waals surface area contributed by atoms with E-state index in [2.05, 4.69) is 0 Å². The second kappa shape index (κ2) is 8.11. The summed E-state index contributed by atoms with van der Waals surface area (Å²) < 4.78 is 33.3. The molecule has 1 atom stereocenters. The van der Waals surface area contributed by atoms with E-state index in [1.165, 1.54) is 23.4 Å². The Morgan fingerprint density at radius 1 is 1.21 bits per heavy atom. The Balaban J connectivity index is 1.92. The van der Waals surface area contributed by atoms with Gasteiger partial charge < -0.3 is 9.64 Å². The van der Waals surface area contributed by atoms with Crippen LogP contribution in [0.3, 0.4) is 0 Å². The first kappa shape index (κ1) is 20.6. The molecule has 0 spiro atoms. The summed E-state index contributed by atoms with van der Waals surface area (Å²) in [6.07, 6.45) is 0. The molecule has 1 aliphatic heterocycles. The first-order chi connectivity index (χ1) is 13.2. The fourth-order valence-electron chi connectivity index (χ4n) is 3.11. The third-order valence-electron chi connectivity index (χ3n) is 5.04. The molecule has 1 heterocycles. The topological polar surface area (TPSA) is 66.9 Å². The molecule has 150 valence electrons. The number of benzene rings is 2. The number of carbonyl (C=O) groups is 1. The summed E-state index contributed by atoms with van der Waals surface area (Å²) in [6.45, 7) is 4.16. The van der Waals surface area contributed by atoms with Crippen molar-refractivity contribution in [1.29, 1.82) is 0 Å². The average Bonchev–Trinajstić information content (AvgIpc) is 2.89. The maximum Gasteiger partial charge on any atom is 0.243 e. The molecule has 0 unspecified atom stereocenters. The number of rotatable bonds is 4. The van der Waals surface area contributed by atoms with Crippen molar-refractivity contribution < 1.29 is 17.9 Å². The smallest absolute Gasteiger partial charge is 0.243 e. The number of carbonyl (C=O) groups excluding carboxylic acids is 1. The van der Waals surface area contributed by atoms with Crippen LogP contribution >= 0.6 is 11.6 Å². The van der Waals surface area contributed by atoms with Crippen molar-refractivity contribution in [3.8, 4) is 5.75 Å². The minimum atomic E-state index is -3.68. The van der Waals surface area contributed by atoms with Crippen LogP contribution in [-0.4, -0.2) is 43.7 Å². The summed E-state index contributed by atoms with van der Waals surface area (Å²) in [5, 5.41) is 0.483. The van der Waals surface area contributed by atoms with E-state index in [0.29, 0.717) is 10.8 Å². The van der Waals surface area contributed by atoms with Gasteiger partial charge in [-0.25, -0.2) is 8.42 Å². The maximum absolute atomic E-state index is 13.1. The Labute approximate surface area is 170 Å². The minimum Gasteiger partial charge on any atom is -0.492 e. The highest BCUT2D eigenvalue weighted by Gasteiger charge is 2.28. The largest absolute Gasteiger partial charge is 0.492 e. The second-order valence-corrected chi connectivity index (χ2v) is 9.19.